The number of ether oxygens (including phenoxy) is 1. The molecule has 3 aromatic rings. The van der Waals surface area contributed by atoms with Gasteiger partial charge in [0, 0.05) is 41.7 Å². The highest BCUT2D eigenvalue weighted by molar-refractivity contribution is 5.94. The number of aromatic amines is 1. The van der Waals surface area contributed by atoms with Crippen LogP contribution in [0.2, 0.25) is 0 Å². The Hall–Kier alpha value is -3.35. The number of carbonyl (C=O) groups excluding carboxylic acids is 1. The number of rotatable bonds is 3. The van der Waals surface area contributed by atoms with Crippen LogP contribution >= 0.6 is 0 Å². The number of piperidine rings is 1. The van der Waals surface area contributed by atoms with Gasteiger partial charge >= 0.3 is 12.5 Å². The normalized spacial score (nSPS) is 21.0. The summed E-state index contributed by atoms with van der Waals surface area (Å²) >= 11 is 0. The standard InChI is InChI=1S/C25H22F7N3O3/c26-17-12-33-21-20(16-11-23(37,24(27,28)29)8-5-18(16)34-21)19(17)13-6-9-35(10-7-13)22(36)14-1-3-15(4-2-14)38-25(30,31)32/h1-4,12-13,37H,5-11H2,(H,33,34)/t23-/m0/s1. The van der Waals surface area contributed by atoms with Gasteiger partial charge in [-0.2, -0.15) is 13.2 Å². The van der Waals surface area contributed by atoms with E-state index in [9.17, 15) is 36.2 Å². The van der Waals surface area contributed by atoms with Gasteiger partial charge in [-0.05, 0) is 61.4 Å². The largest absolute Gasteiger partial charge is 0.573 e. The fourth-order valence-electron chi connectivity index (χ4n) is 5.39. The molecule has 0 spiro atoms. The molecule has 1 fully saturated rings. The Morgan fingerprint density at radius 2 is 1.76 bits per heavy atom. The maximum absolute atomic E-state index is 15.1. The summed E-state index contributed by atoms with van der Waals surface area (Å²) in [6, 6.07) is 4.51. The van der Waals surface area contributed by atoms with Crippen LogP contribution in [0.1, 0.15) is 52.4 Å². The molecular formula is C25H22F7N3O3. The highest BCUT2D eigenvalue weighted by Crippen LogP contribution is 2.45. The number of hydrogen-bond acceptors (Lipinski definition) is 4. The van der Waals surface area contributed by atoms with E-state index < -0.39 is 54.4 Å². The Bertz CT molecular complexity index is 1360. The zero-order valence-corrected chi connectivity index (χ0v) is 19.7. The predicted octanol–water partition coefficient (Wildman–Crippen LogP) is 5.40. The Balaban J connectivity index is 1.36. The van der Waals surface area contributed by atoms with Gasteiger partial charge in [-0.3, -0.25) is 4.79 Å². The number of halogens is 7. The van der Waals surface area contributed by atoms with Crippen LogP contribution in [0.5, 0.6) is 5.75 Å². The topological polar surface area (TPSA) is 78.5 Å². The third-order valence-electron chi connectivity index (χ3n) is 7.32. The number of hydrogen-bond donors (Lipinski definition) is 2. The van der Waals surface area contributed by atoms with Gasteiger partial charge in [0.1, 0.15) is 17.2 Å². The van der Waals surface area contributed by atoms with Crippen molar-refractivity contribution in [2.45, 2.75) is 56.2 Å². The van der Waals surface area contributed by atoms with E-state index in [4.69, 9.17) is 0 Å². The number of benzene rings is 1. The highest BCUT2D eigenvalue weighted by Gasteiger charge is 2.55. The average molecular weight is 545 g/mol. The Morgan fingerprint density at radius 1 is 1.11 bits per heavy atom. The number of aromatic nitrogens is 2. The van der Waals surface area contributed by atoms with Crippen molar-refractivity contribution in [2.75, 3.05) is 13.1 Å². The van der Waals surface area contributed by atoms with E-state index in [0.29, 0.717) is 18.5 Å². The van der Waals surface area contributed by atoms with E-state index in [-0.39, 0.29) is 47.2 Å². The van der Waals surface area contributed by atoms with Crippen molar-refractivity contribution in [3.05, 3.63) is 58.7 Å². The maximum Gasteiger partial charge on any atom is 0.573 e. The van der Waals surface area contributed by atoms with E-state index in [2.05, 4.69) is 14.7 Å². The van der Waals surface area contributed by atoms with Crippen LogP contribution in [0.4, 0.5) is 30.7 Å². The number of carbonyl (C=O) groups is 1. The molecule has 1 atom stereocenters. The molecule has 3 heterocycles. The van der Waals surface area contributed by atoms with Crippen molar-refractivity contribution < 1.29 is 45.4 Å². The van der Waals surface area contributed by atoms with Gasteiger partial charge in [0.2, 0.25) is 0 Å². The van der Waals surface area contributed by atoms with Crippen LogP contribution < -0.4 is 4.74 Å². The molecule has 1 aromatic carbocycles. The lowest BCUT2D eigenvalue weighted by molar-refractivity contribution is -0.274. The van der Waals surface area contributed by atoms with E-state index in [1.54, 1.807) is 0 Å². The lowest BCUT2D eigenvalue weighted by Crippen LogP contribution is -2.49. The molecule has 6 nitrogen and oxygen atoms in total. The summed E-state index contributed by atoms with van der Waals surface area (Å²) in [5.74, 6) is -1.98. The second kappa shape index (κ2) is 9.14. The number of aryl methyl sites for hydroxylation is 1. The predicted molar refractivity (Wildman–Crippen MR) is 120 cm³/mol. The Kier molecular flexibility index (Phi) is 6.32. The number of fused-ring (bicyclic) bond motifs is 3. The van der Waals surface area contributed by atoms with Crippen LogP contribution in [0.15, 0.2) is 30.5 Å². The summed E-state index contributed by atoms with van der Waals surface area (Å²) in [7, 11) is 0. The van der Waals surface area contributed by atoms with Crippen LogP contribution in [-0.2, 0) is 12.8 Å². The third kappa shape index (κ3) is 4.79. The SMILES string of the molecule is O=C(c1ccc(OC(F)(F)F)cc1)N1CCC(c2c(F)cnc3[nH]c4c(c23)C[C@](O)(C(F)(F)F)CC4)CC1. The highest BCUT2D eigenvalue weighted by atomic mass is 19.4. The van der Waals surface area contributed by atoms with Crippen molar-refractivity contribution in [3.8, 4) is 5.75 Å². The smallest absolute Gasteiger partial charge is 0.406 e. The van der Waals surface area contributed by atoms with Crippen molar-refractivity contribution >= 4 is 16.9 Å². The second-order valence-corrected chi connectivity index (χ2v) is 9.67. The fraction of sp³-hybridized carbons (Fsp3) is 0.440. The third-order valence-corrected chi connectivity index (χ3v) is 7.32. The van der Waals surface area contributed by atoms with Gasteiger partial charge in [0.05, 0.1) is 6.20 Å². The van der Waals surface area contributed by atoms with E-state index in [1.807, 2.05) is 0 Å². The number of alkyl halides is 6. The van der Waals surface area contributed by atoms with Gasteiger partial charge in [-0.1, -0.05) is 0 Å². The number of nitrogens with zero attached hydrogens (tertiary/aromatic N) is 2. The number of likely N-dealkylation sites (tertiary alicyclic amines) is 1. The first kappa shape index (κ1) is 26.3. The molecule has 13 heteroatoms. The number of H-pyrrole nitrogens is 1. The van der Waals surface area contributed by atoms with Crippen molar-refractivity contribution in [1.29, 1.82) is 0 Å². The summed E-state index contributed by atoms with van der Waals surface area (Å²) in [4.78, 5) is 21.4. The molecule has 0 saturated carbocycles. The zero-order chi connectivity index (χ0) is 27.5. The summed E-state index contributed by atoms with van der Waals surface area (Å²) in [6.07, 6.45) is -9.38. The molecule has 0 radical (unpaired) electrons. The summed E-state index contributed by atoms with van der Waals surface area (Å²) < 4.78 is 96.7. The fourth-order valence-corrected chi connectivity index (χ4v) is 5.39. The van der Waals surface area contributed by atoms with Crippen molar-refractivity contribution in [3.63, 3.8) is 0 Å². The molecule has 1 aliphatic carbocycles. The number of amides is 1. The van der Waals surface area contributed by atoms with Gasteiger partial charge in [0.25, 0.3) is 5.91 Å². The lowest BCUT2D eigenvalue weighted by atomic mass is 9.79. The summed E-state index contributed by atoms with van der Waals surface area (Å²) in [6.45, 7) is 0.402. The molecule has 38 heavy (non-hydrogen) atoms. The number of aliphatic hydroxyl groups is 1. The molecule has 0 unspecified atom stereocenters. The average Bonchev–Trinajstić information content (AvgIpc) is 3.20. The minimum Gasteiger partial charge on any atom is -0.406 e. The minimum absolute atomic E-state index is 0.0670. The molecule has 1 aliphatic heterocycles. The molecule has 0 bridgehead atoms. The summed E-state index contributed by atoms with van der Waals surface area (Å²) in [5, 5.41) is 10.6. The maximum atomic E-state index is 15.1. The molecule has 2 aromatic heterocycles. The molecule has 204 valence electrons. The van der Waals surface area contributed by atoms with Crippen LogP contribution in [0.3, 0.4) is 0 Å². The van der Waals surface area contributed by atoms with E-state index in [1.165, 1.54) is 17.0 Å². The van der Waals surface area contributed by atoms with Gasteiger partial charge in [0.15, 0.2) is 5.60 Å². The number of pyridine rings is 1. The molecule has 1 saturated heterocycles. The number of nitrogens with one attached hydrogen (secondary N) is 1. The van der Waals surface area contributed by atoms with Crippen LogP contribution in [-0.4, -0.2) is 57.1 Å². The molecule has 1 amide bonds. The molecule has 5 rings (SSSR count). The van der Waals surface area contributed by atoms with E-state index in [0.717, 1.165) is 18.3 Å². The minimum atomic E-state index is -4.86. The molecular weight excluding hydrogens is 523 g/mol. The van der Waals surface area contributed by atoms with Crippen LogP contribution in [0, 0.1) is 5.82 Å². The quantitative estimate of drug-likeness (QED) is 0.432. The van der Waals surface area contributed by atoms with Crippen molar-refractivity contribution in [2.24, 2.45) is 0 Å². The first-order valence-electron chi connectivity index (χ1n) is 11.9. The van der Waals surface area contributed by atoms with Gasteiger partial charge in [-0.15, -0.1) is 13.2 Å². The monoisotopic (exact) mass is 545 g/mol. The second-order valence-electron chi connectivity index (χ2n) is 9.67. The summed E-state index contributed by atoms with van der Waals surface area (Å²) in [5.41, 5.74) is -1.62. The molecule has 2 aliphatic rings. The Labute approximate surface area is 211 Å². The van der Waals surface area contributed by atoms with E-state index >= 15 is 4.39 Å². The first-order chi connectivity index (χ1) is 17.8. The van der Waals surface area contributed by atoms with Gasteiger partial charge < -0.3 is 19.7 Å². The van der Waals surface area contributed by atoms with Gasteiger partial charge in [-0.25, -0.2) is 9.37 Å². The first-order valence-corrected chi connectivity index (χ1v) is 11.9. The van der Waals surface area contributed by atoms with Crippen molar-refractivity contribution in [1.82, 2.24) is 14.9 Å². The zero-order valence-electron chi connectivity index (χ0n) is 19.7. The lowest BCUT2D eigenvalue weighted by Gasteiger charge is -2.35. The molecule has 2 N–H and O–H groups in total. The Morgan fingerprint density at radius 3 is 2.37 bits per heavy atom. The van der Waals surface area contributed by atoms with Crippen LogP contribution in [0.25, 0.3) is 11.0 Å².